The first-order chi connectivity index (χ1) is 11.0. The van der Waals surface area contributed by atoms with Crippen LogP contribution in [0.4, 0.5) is 4.79 Å². The number of carbonyl (C=O) groups excluding carboxylic acids is 1. The monoisotopic (exact) mass is 344 g/mol. The zero-order valence-corrected chi connectivity index (χ0v) is 16.3. The zero-order chi connectivity index (χ0) is 18.4. The van der Waals surface area contributed by atoms with Crippen LogP contribution >= 0.6 is 0 Å². The molecule has 0 radical (unpaired) electrons. The van der Waals surface area contributed by atoms with Crippen molar-refractivity contribution < 1.29 is 19.4 Å². The van der Waals surface area contributed by atoms with Crippen LogP contribution < -0.4 is 0 Å². The fourth-order valence-electron chi connectivity index (χ4n) is 3.06. The highest BCUT2D eigenvalue weighted by atomic mass is 16.6. The maximum Gasteiger partial charge on any atom is 0.410 e. The Morgan fingerprint density at radius 1 is 1.17 bits per heavy atom. The number of likely N-dealkylation sites (N-methyl/N-ethyl adjacent to an activating group) is 2. The molecule has 1 rings (SSSR count). The highest BCUT2D eigenvalue weighted by Gasteiger charge is 2.29. The lowest BCUT2D eigenvalue weighted by Gasteiger charge is -2.34. The van der Waals surface area contributed by atoms with Gasteiger partial charge >= 0.3 is 6.09 Å². The average molecular weight is 344 g/mol. The minimum Gasteiger partial charge on any atom is -0.444 e. The van der Waals surface area contributed by atoms with Crippen molar-refractivity contribution in [1.29, 1.82) is 0 Å². The Balaban J connectivity index is 2.36. The van der Waals surface area contributed by atoms with Crippen LogP contribution in [0.1, 0.15) is 47.0 Å². The first-order valence-electron chi connectivity index (χ1n) is 8.91. The van der Waals surface area contributed by atoms with E-state index < -0.39 is 17.3 Å². The predicted octanol–water partition coefficient (Wildman–Crippen LogP) is 2.35. The quantitative estimate of drug-likeness (QED) is 0.768. The van der Waals surface area contributed by atoms with Gasteiger partial charge in [-0.1, -0.05) is 0 Å². The summed E-state index contributed by atoms with van der Waals surface area (Å²) in [6, 6.07) is 0. The summed E-state index contributed by atoms with van der Waals surface area (Å²) in [6.07, 6.45) is 2.97. The Labute approximate surface area is 147 Å². The SMILES string of the molecule is CN(CCC1CCOCC1)C[C@](C)(O)CN(C)C(=O)OC(C)(C)C. The van der Waals surface area contributed by atoms with Crippen molar-refractivity contribution in [3.8, 4) is 0 Å². The second-order valence-corrected chi connectivity index (χ2v) is 8.42. The molecule has 1 N–H and O–H groups in total. The van der Waals surface area contributed by atoms with Crippen LogP contribution in [0.2, 0.25) is 0 Å². The predicted molar refractivity (Wildman–Crippen MR) is 95.1 cm³/mol. The van der Waals surface area contributed by atoms with Gasteiger partial charge in [0.05, 0.1) is 12.1 Å². The smallest absolute Gasteiger partial charge is 0.410 e. The molecule has 1 atom stereocenters. The first kappa shape index (κ1) is 21.2. The Bertz CT molecular complexity index is 387. The number of rotatable bonds is 7. The van der Waals surface area contributed by atoms with Gasteiger partial charge in [-0.15, -0.1) is 0 Å². The molecule has 1 saturated heterocycles. The molecule has 0 saturated carbocycles. The van der Waals surface area contributed by atoms with Crippen LogP contribution in [0.25, 0.3) is 0 Å². The van der Waals surface area contributed by atoms with Gasteiger partial charge in [0.25, 0.3) is 0 Å². The van der Waals surface area contributed by atoms with E-state index in [9.17, 15) is 9.90 Å². The van der Waals surface area contributed by atoms with E-state index in [4.69, 9.17) is 9.47 Å². The van der Waals surface area contributed by atoms with E-state index >= 15 is 0 Å². The van der Waals surface area contributed by atoms with Gasteiger partial charge in [0.1, 0.15) is 5.60 Å². The summed E-state index contributed by atoms with van der Waals surface area (Å²) in [5.74, 6) is 0.718. The second-order valence-electron chi connectivity index (χ2n) is 8.42. The Kier molecular flexibility index (Phi) is 7.96. The molecule has 0 unspecified atom stereocenters. The molecule has 0 aliphatic carbocycles. The summed E-state index contributed by atoms with van der Waals surface area (Å²) < 4.78 is 10.7. The molecule has 0 aromatic rings. The third kappa shape index (κ3) is 8.85. The second kappa shape index (κ2) is 9.02. The molecule has 1 heterocycles. The van der Waals surface area contributed by atoms with Crippen LogP contribution in [-0.2, 0) is 9.47 Å². The number of aliphatic hydroxyl groups is 1. The van der Waals surface area contributed by atoms with Gasteiger partial charge in [0, 0.05) is 26.8 Å². The number of hydrogen-bond acceptors (Lipinski definition) is 5. The summed E-state index contributed by atoms with van der Waals surface area (Å²) in [5.41, 5.74) is -1.51. The number of hydrogen-bond donors (Lipinski definition) is 1. The molecule has 1 amide bonds. The molecule has 1 aliphatic rings. The largest absolute Gasteiger partial charge is 0.444 e. The first-order valence-corrected chi connectivity index (χ1v) is 8.91. The van der Waals surface area contributed by atoms with E-state index in [0.29, 0.717) is 6.54 Å². The molecule has 0 aromatic heterocycles. The summed E-state index contributed by atoms with van der Waals surface area (Å²) in [7, 11) is 3.67. The van der Waals surface area contributed by atoms with Crippen molar-refractivity contribution in [3.63, 3.8) is 0 Å². The number of nitrogens with zero attached hydrogens (tertiary/aromatic N) is 2. The zero-order valence-electron chi connectivity index (χ0n) is 16.3. The maximum absolute atomic E-state index is 12.0. The Morgan fingerprint density at radius 3 is 2.29 bits per heavy atom. The summed E-state index contributed by atoms with van der Waals surface area (Å²) in [4.78, 5) is 15.6. The van der Waals surface area contributed by atoms with Gasteiger partial charge < -0.3 is 24.4 Å². The topological polar surface area (TPSA) is 62.2 Å². The molecule has 142 valence electrons. The standard InChI is InChI=1S/C18H36N2O4/c1-17(2,3)24-16(21)20(6)14-18(4,22)13-19(5)10-7-15-8-11-23-12-9-15/h15,22H,7-14H2,1-6H3/t18-/m0/s1. The summed E-state index contributed by atoms with van der Waals surface area (Å²) >= 11 is 0. The minimum absolute atomic E-state index is 0.240. The van der Waals surface area contributed by atoms with Gasteiger partial charge in [-0.3, -0.25) is 0 Å². The molecule has 0 bridgehead atoms. The Morgan fingerprint density at radius 2 is 1.75 bits per heavy atom. The summed E-state index contributed by atoms with van der Waals surface area (Å²) in [5, 5.41) is 10.6. The lowest BCUT2D eigenvalue weighted by atomic mass is 9.96. The van der Waals surface area contributed by atoms with E-state index in [1.54, 1.807) is 14.0 Å². The van der Waals surface area contributed by atoms with Crippen molar-refractivity contribution in [3.05, 3.63) is 0 Å². The highest BCUT2D eigenvalue weighted by Crippen LogP contribution is 2.19. The molecule has 6 heteroatoms. The third-order valence-corrected chi connectivity index (χ3v) is 4.15. The molecular weight excluding hydrogens is 308 g/mol. The molecule has 1 fully saturated rings. The van der Waals surface area contributed by atoms with Crippen molar-refractivity contribution in [2.45, 2.75) is 58.2 Å². The molecule has 24 heavy (non-hydrogen) atoms. The fraction of sp³-hybridized carbons (Fsp3) is 0.944. The van der Waals surface area contributed by atoms with Crippen molar-refractivity contribution >= 4 is 6.09 Å². The van der Waals surface area contributed by atoms with E-state index in [-0.39, 0.29) is 6.54 Å². The molecule has 6 nitrogen and oxygen atoms in total. The molecule has 0 spiro atoms. The van der Waals surface area contributed by atoms with Crippen molar-refractivity contribution in [1.82, 2.24) is 9.80 Å². The summed E-state index contributed by atoms with van der Waals surface area (Å²) in [6.45, 7) is 10.7. The fourth-order valence-corrected chi connectivity index (χ4v) is 3.06. The lowest BCUT2D eigenvalue weighted by Crippen LogP contribution is -2.49. The van der Waals surface area contributed by atoms with E-state index in [0.717, 1.165) is 44.9 Å². The number of carbonyl (C=O) groups is 1. The van der Waals surface area contributed by atoms with Gasteiger partial charge in [-0.05, 0) is 66.5 Å². The van der Waals surface area contributed by atoms with Crippen LogP contribution in [0.15, 0.2) is 0 Å². The van der Waals surface area contributed by atoms with E-state index in [1.807, 2.05) is 27.8 Å². The molecule has 0 aromatic carbocycles. The van der Waals surface area contributed by atoms with Crippen molar-refractivity contribution in [2.24, 2.45) is 5.92 Å². The van der Waals surface area contributed by atoms with Gasteiger partial charge in [-0.2, -0.15) is 0 Å². The normalized spacial score (nSPS) is 19.2. The van der Waals surface area contributed by atoms with Gasteiger partial charge in [-0.25, -0.2) is 4.79 Å². The Hall–Kier alpha value is -0.850. The van der Waals surface area contributed by atoms with E-state index in [1.165, 1.54) is 4.90 Å². The van der Waals surface area contributed by atoms with Crippen LogP contribution in [-0.4, -0.2) is 79.1 Å². The molecular formula is C18H36N2O4. The minimum atomic E-state index is -0.976. The lowest BCUT2D eigenvalue weighted by molar-refractivity contribution is -0.0173. The maximum atomic E-state index is 12.0. The van der Waals surface area contributed by atoms with Crippen LogP contribution in [0, 0.1) is 5.92 Å². The highest BCUT2D eigenvalue weighted by molar-refractivity contribution is 5.67. The van der Waals surface area contributed by atoms with Gasteiger partial charge in [0.15, 0.2) is 0 Å². The van der Waals surface area contributed by atoms with Gasteiger partial charge in [0.2, 0.25) is 0 Å². The van der Waals surface area contributed by atoms with Crippen LogP contribution in [0.3, 0.4) is 0 Å². The third-order valence-electron chi connectivity index (χ3n) is 4.15. The molecule has 1 aliphatic heterocycles. The average Bonchev–Trinajstić information content (AvgIpc) is 2.43. The van der Waals surface area contributed by atoms with Crippen molar-refractivity contribution in [2.75, 3.05) is 46.9 Å². The number of ether oxygens (including phenoxy) is 2. The van der Waals surface area contributed by atoms with E-state index in [2.05, 4.69) is 4.90 Å². The van der Waals surface area contributed by atoms with Crippen LogP contribution in [0.5, 0.6) is 0 Å². The number of amides is 1.